The lowest BCUT2D eigenvalue weighted by atomic mass is 9.59. The molecule has 4 heterocycles. The van der Waals surface area contributed by atoms with Gasteiger partial charge in [-0.3, -0.25) is 9.59 Å². The highest BCUT2D eigenvalue weighted by atomic mass is 32.1. The van der Waals surface area contributed by atoms with Crippen LogP contribution in [-0.4, -0.2) is 40.1 Å². The number of carboxylic acid groups (broad SMARTS) is 1. The van der Waals surface area contributed by atoms with Crippen LogP contribution in [0.5, 0.6) is 0 Å². The van der Waals surface area contributed by atoms with E-state index < -0.39 is 16.8 Å². The Labute approximate surface area is 152 Å². The number of rotatable bonds is 2. The summed E-state index contributed by atoms with van der Waals surface area (Å²) in [4.78, 5) is 43.3. The van der Waals surface area contributed by atoms with Crippen molar-refractivity contribution in [2.75, 3.05) is 4.90 Å². The number of ether oxygens (including phenoxy) is 1. The van der Waals surface area contributed by atoms with E-state index in [1.165, 1.54) is 17.0 Å². The molecule has 2 amide bonds. The molecule has 7 nitrogen and oxygen atoms in total. The molecule has 1 aromatic carbocycles. The van der Waals surface area contributed by atoms with Gasteiger partial charge in [0.2, 0.25) is 11.8 Å². The minimum Gasteiger partial charge on any atom is -0.478 e. The molecule has 4 atom stereocenters. The van der Waals surface area contributed by atoms with Crippen LogP contribution < -0.4 is 4.90 Å². The molecule has 0 aliphatic carbocycles. The van der Waals surface area contributed by atoms with E-state index in [9.17, 15) is 14.4 Å². The number of fused-ring (bicyclic) bond motifs is 6. The molecule has 1 aromatic heterocycles. The second-order valence-corrected chi connectivity index (χ2v) is 8.53. The Kier molecular flexibility index (Phi) is 2.87. The Morgan fingerprint density at radius 2 is 1.85 bits per heavy atom. The number of carboxylic acids is 1. The van der Waals surface area contributed by atoms with E-state index in [4.69, 9.17) is 9.84 Å². The average Bonchev–Trinajstić information content (AvgIpc) is 3.32. The molecule has 2 bridgehead atoms. The highest BCUT2D eigenvalue weighted by Crippen LogP contribution is 2.64. The quantitative estimate of drug-likeness (QED) is 0.814. The SMILES string of the molecule is CC12C(=O)N(c3nc4ccc(C(=O)O)cc4s3)C(=O)[C@@]1(C)[C@@H]1CC[C@H]2O1. The van der Waals surface area contributed by atoms with Crippen molar-refractivity contribution in [2.24, 2.45) is 10.8 Å². The molecule has 8 heteroatoms. The lowest BCUT2D eigenvalue weighted by molar-refractivity contribution is -0.132. The number of benzene rings is 1. The van der Waals surface area contributed by atoms with Gasteiger partial charge in [0.25, 0.3) is 0 Å². The van der Waals surface area contributed by atoms with Crippen molar-refractivity contribution in [2.45, 2.75) is 38.9 Å². The Bertz CT molecular complexity index is 982. The van der Waals surface area contributed by atoms with Gasteiger partial charge in [0.15, 0.2) is 5.13 Å². The number of thiazole rings is 1. The first-order chi connectivity index (χ1) is 12.3. The largest absolute Gasteiger partial charge is 0.478 e. The van der Waals surface area contributed by atoms with Crippen LogP contribution in [0.3, 0.4) is 0 Å². The number of hydrogen-bond donors (Lipinski definition) is 1. The van der Waals surface area contributed by atoms with Crippen LogP contribution in [0.2, 0.25) is 0 Å². The zero-order valence-electron chi connectivity index (χ0n) is 14.2. The van der Waals surface area contributed by atoms with E-state index >= 15 is 0 Å². The number of hydrogen-bond acceptors (Lipinski definition) is 6. The maximum Gasteiger partial charge on any atom is 0.335 e. The van der Waals surface area contributed by atoms with Crippen LogP contribution in [0.4, 0.5) is 5.13 Å². The Morgan fingerprint density at radius 1 is 1.23 bits per heavy atom. The second-order valence-electron chi connectivity index (χ2n) is 7.53. The predicted octanol–water partition coefficient (Wildman–Crippen LogP) is 2.44. The summed E-state index contributed by atoms with van der Waals surface area (Å²) < 4.78 is 6.55. The number of imide groups is 1. The molecular formula is C18H16N2O5S. The molecule has 1 unspecified atom stereocenters. The van der Waals surface area contributed by atoms with E-state index in [1.54, 1.807) is 6.07 Å². The third-order valence-corrected chi connectivity index (χ3v) is 7.50. The first kappa shape index (κ1) is 15.9. The van der Waals surface area contributed by atoms with Crippen LogP contribution in [-0.2, 0) is 14.3 Å². The molecule has 3 saturated heterocycles. The van der Waals surface area contributed by atoms with Gasteiger partial charge in [0.05, 0.1) is 38.8 Å². The highest BCUT2D eigenvalue weighted by Gasteiger charge is 2.77. The maximum atomic E-state index is 13.3. The summed E-state index contributed by atoms with van der Waals surface area (Å²) in [5.41, 5.74) is -1.04. The molecule has 0 radical (unpaired) electrons. The summed E-state index contributed by atoms with van der Waals surface area (Å²) in [6, 6.07) is 4.58. The van der Waals surface area contributed by atoms with E-state index in [-0.39, 0.29) is 29.6 Å². The van der Waals surface area contributed by atoms with Gasteiger partial charge < -0.3 is 9.84 Å². The molecule has 2 aromatic rings. The van der Waals surface area contributed by atoms with Crippen LogP contribution in [0.15, 0.2) is 18.2 Å². The van der Waals surface area contributed by atoms with Gasteiger partial charge >= 0.3 is 5.97 Å². The fourth-order valence-electron chi connectivity index (χ4n) is 4.75. The Hall–Kier alpha value is -2.32. The van der Waals surface area contributed by atoms with E-state index in [2.05, 4.69) is 4.98 Å². The van der Waals surface area contributed by atoms with Crippen LogP contribution >= 0.6 is 11.3 Å². The predicted molar refractivity (Wildman–Crippen MR) is 93.2 cm³/mol. The number of nitrogens with zero attached hydrogens (tertiary/aromatic N) is 2. The summed E-state index contributed by atoms with van der Waals surface area (Å²) >= 11 is 1.16. The minimum atomic E-state index is -1.03. The summed E-state index contributed by atoms with van der Waals surface area (Å²) in [5, 5.41) is 9.44. The van der Waals surface area contributed by atoms with E-state index in [0.717, 1.165) is 24.2 Å². The van der Waals surface area contributed by atoms with Crippen LogP contribution in [0.25, 0.3) is 10.2 Å². The fourth-order valence-corrected chi connectivity index (χ4v) is 5.75. The Balaban J connectivity index is 1.63. The van der Waals surface area contributed by atoms with Crippen molar-refractivity contribution in [3.63, 3.8) is 0 Å². The third kappa shape index (κ3) is 1.58. The highest BCUT2D eigenvalue weighted by molar-refractivity contribution is 7.22. The van der Waals surface area contributed by atoms with Crippen molar-refractivity contribution in [3.8, 4) is 0 Å². The molecule has 3 aliphatic rings. The van der Waals surface area contributed by atoms with E-state index in [1.807, 2.05) is 13.8 Å². The van der Waals surface area contributed by atoms with Gasteiger partial charge in [0.1, 0.15) is 0 Å². The van der Waals surface area contributed by atoms with Gasteiger partial charge in [-0.05, 0) is 44.9 Å². The van der Waals surface area contributed by atoms with Crippen molar-refractivity contribution in [3.05, 3.63) is 23.8 Å². The van der Waals surface area contributed by atoms with E-state index in [0.29, 0.717) is 15.3 Å². The number of aromatic carboxylic acids is 1. The smallest absolute Gasteiger partial charge is 0.335 e. The molecule has 5 rings (SSSR count). The fraction of sp³-hybridized carbons (Fsp3) is 0.444. The van der Waals surface area contributed by atoms with Gasteiger partial charge in [-0.25, -0.2) is 14.7 Å². The van der Waals surface area contributed by atoms with Gasteiger partial charge in [-0.1, -0.05) is 11.3 Å². The van der Waals surface area contributed by atoms with Crippen molar-refractivity contribution in [1.82, 2.24) is 4.98 Å². The lowest BCUT2D eigenvalue weighted by Gasteiger charge is -2.36. The second kappa shape index (κ2) is 4.69. The molecule has 26 heavy (non-hydrogen) atoms. The number of aromatic nitrogens is 1. The van der Waals surface area contributed by atoms with Crippen LogP contribution in [0, 0.1) is 10.8 Å². The number of amides is 2. The van der Waals surface area contributed by atoms with Crippen molar-refractivity contribution >= 4 is 44.5 Å². The number of carbonyl (C=O) groups is 3. The van der Waals surface area contributed by atoms with Gasteiger partial charge in [-0.15, -0.1) is 0 Å². The molecule has 3 aliphatic heterocycles. The molecule has 134 valence electrons. The molecule has 0 saturated carbocycles. The summed E-state index contributed by atoms with van der Waals surface area (Å²) in [6.45, 7) is 3.65. The van der Waals surface area contributed by atoms with Gasteiger partial charge in [0, 0.05) is 0 Å². The standard InChI is InChI=1S/C18H16N2O5S/c1-17-11-5-6-12(25-11)18(17,2)15(24)20(14(17)23)16-19-9-4-3-8(13(21)22)7-10(9)26-16/h3-4,7,11-12H,5-6H2,1-2H3,(H,21,22)/t11-,12+,17+,18?/m0/s1. The first-order valence-electron chi connectivity index (χ1n) is 8.47. The number of anilines is 1. The zero-order valence-corrected chi connectivity index (χ0v) is 15.0. The molecule has 3 fully saturated rings. The maximum absolute atomic E-state index is 13.3. The first-order valence-corrected chi connectivity index (χ1v) is 9.28. The molecule has 1 N–H and O–H groups in total. The summed E-state index contributed by atoms with van der Waals surface area (Å²) in [6.07, 6.45) is 1.08. The summed E-state index contributed by atoms with van der Waals surface area (Å²) in [7, 11) is 0. The average molecular weight is 372 g/mol. The van der Waals surface area contributed by atoms with Crippen LogP contribution in [0.1, 0.15) is 37.0 Å². The van der Waals surface area contributed by atoms with Crippen molar-refractivity contribution in [1.29, 1.82) is 0 Å². The minimum absolute atomic E-state index is 0.147. The monoisotopic (exact) mass is 372 g/mol. The molecular weight excluding hydrogens is 356 g/mol. The lowest BCUT2D eigenvalue weighted by Crippen LogP contribution is -2.48. The Morgan fingerprint density at radius 3 is 2.42 bits per heavy atom. The van der Waals surface area contributed by atoms with Crippen molar-refractivity contribution < 1.29 is 24.2 Å². The third-order valence-electron chi connectivity index (χ3n) is 6.50. The van der Waals surface area contributed by atoms with Gasteiger partial charge in [-0.2, -0.15) is 0 Å². The topological polar surface area (TPSA) is 96.8 Å². The molecule has 0 spiro atoms. The normalized spacial score (nSPS) is 35.5. The number of carbonyl (C=O) groups excluding carboxylic acids is 2. The summed E-state index contributed by atoms with van der Waals surface area (Å²) in [5.74, 6) is -1.57. The zero-order chi connectivity index (χ0) is 18.4.